The van der Waals surface area contributed by atoms with Crippen molar-refractivity contribution >= 4 is 5.96 Å². The van der Waals surface area contributed by atoms with Crippen molar-refractivity contribution in [2.45, 2.75) is 12.3 Å². The van der Waals surface area contributed by atoms with Crippen LogP contribution in [0.1, 0.15) is 0 Å². The summed E-state index contributed by atoms with van der Waals surface area (Å²) < 4.78 is 48.2. The fourth-order valence-electron chi connectivity index (χ4n) is 2.35. The van der Waals surface area contributed by atoms with Crippen molar-refractivity contribution in [2.24, 2.45) is 4.99 Å². The Hall–Kier alpha value is -2.16. The second-order valence-electron chi connectivity index (χ2n) is 5.73. The Balaban J connectivity index is 1.69. The number of halogens is 3. The summed E-state index contributed by atoms with van der Waals surface area (Å²) in [5.74, 6) is 1.91. The topological polar surface area (TPSA) is 58.1 Å². The van der Waals surface area contributed by atoms with Gasteiger partial charge in [0, 0.05) is 20.1 Å². The van der Waals surface area contributed by atoms with Gasteiger partial charge in [-0.2, -0.15) is 13.2 Å². The lowest BCUT2D eigenvalue weighted by Gasteiger charge is -2.27. The smallest absolute Gasteiger partial charge is 0.401 e. The Morgan fingerprint density at radius 3 is 2.68 bits per heavy atom. The molecule has 25 heavy (non-hydrogen) atoms. The Kier molecular flexibility index (Phi) is 6.74. The van der Waals surface area contributed by atoms with Crippen LogP contribution in [0, 0.1) is 0 Å². The van der Waals surface area contributed by atoms with Crippen LogP contribution in [0.4, 0.5) is 13.2 Å². The molecule has 0 amide bonds. The Bertz CT molecular complexity index is 581. The summed E-state index contributed by atoms with van der Waals surface area (Å²) in [7, 11) is 3.03. The third-order valence-corrected chi connectivity index (χ3v) is 3.52. The third-order valence-electron chi connectivity index (χ3n) is 3.52. The maximum Gasteiger partial charge on any atom is 0.401 e. The van der Waals surface area contributed by atoms with E-state index < -0.39 is 12.7 Å². The number of fused-ring (bicyclic) bond motifs is 1. The van der Waals surface area contributed by atoms with Crippen LogP contribution in [-0.4, -0.2) is 70.0 Å². The van der Waals surface area contributed by atoms with E-state index in [9.17, 15) is 13.2 Å². The summed E-state index contributed by atoms with van der Waals surface area (Å²) in [6.07, 6.45) is -4.37. The van der Waals surface area contributed by atoms with Crippen LogP contribution in [-0.2, 0) is 0 Å². The van der Waals surface area contributed by atoms with Crippen LogP contribution in [0.15, 0.2) is 29.3 Å². The highest BCUT2D eigenvalue weighted by Gasteiger charge is 2.28. The molecule has 2 N–H and O–H groups in total. The quantitative estimate of drug-likeness (QED) is 0.595. The molecule has 1 aromatic rings. The van der Waals surface area contributed by atoms with Gasteiger partial charge in [-0.05, 0) is 19.2 Å². The van der Waals surface area contributed by atoms with E-state index in [1.54, 1.807) is 7.05 Å². The average Bonchev–Trinajstić information content (AvgIpc) is 2.56. The second-order valence-corrected chi connectivity index (χ2v) is 5.73. The zero-order chi connectivity index (χ0) is 18.3. The molecule has 0 bridgehead atoms. The number of guanidine groups is 1. The van der Waals surface area contributed by atoms with Gasteiger partial charge in [-0.25, -0.2) is 0 Å². The largest absolute Gasteiger partial charge is 0.486 e. The molecular formula is C16H23F3N4O2. The molecule has 0 saturated carbocycles. The second kappa shape index (κ2) is 8.80. The van der Waals surface area contributed by atoms with Crippen LogP contribution >= 0.6 is 0 Å². The minimum absolute atomic E-state index is 0.179. The SMILES string of the molecule is CN=C(NCCN(C)CC(F)(F)F)NCC1COc2ccccc2O1. The van der Waals surface area contributed by atoms with Crippen molar-refractivity contribution in [3.8, 4) is 11.5 Å². The Morgan fingerprint density at radius 1 is 1.28 bits per heavy atom. The molecule has 1 aliphatic heterocycles. The highest BCUT2D eigenvalue weighted by molar-refractivity contribution is 5.79. The van der Waals surface area contributed by atoms with E-state index in [2.05, 4.69) is 15.6 Å². The maximum absolute atomic E-state index is 12.3. The Morgan fingerprint density at radius 2 is 2.00 bits per heavy atom. The molecule has 140 valence electrons. The lowest BCUT2D eigenvalue weighted by atomic mass is 10.2. The minimum Gasteiger partial charge on any atom is -0.486 e. The molecule has 0 spiro atoms. The summed E-state index contributed by atoms with van der Waals surface area (Å²) in [6, 6.07) is 7.43. The number of hydrogen-bond acceptors (Lipinski definition) is 4. The van der Waals surface area contributed by atoms with Crippen LogP contribution in [0.5, 0.6) is 11.5 Å². The first-order valence-electron chi connectivity index (χ1n) is 7.95. The van der Waals surface area contributed by atoms with E-state index in [1.807, 2.05) is 24.3 Å². The molecule has 2 rings (SSSR count). The number of aliphatic imine (C=N–C) groups is 1. The Labute approximate surface area is 145 Å². The summed E-state index contributed by atoms with van der Waals surface area (Å²) in [5, 5.41) is 6.06. The molecule has 1 unspecified atom stereocenters. The van der Waals surface area contributed by atoms with Crippen molar-refractivity contribution < 1.29 is 22.6 Å². The van der Waals surface area contributed by atoms with Gasteiger partial charge in [0.1, 0.15) is 12.7 Å². The zero-order valence-corrected chi connectivity index (χ0v) is 14.3. The monoisotopic (exact) mass is 360 g/mol. The number of para-hydroxylation sites is 2. The van der Waals surface area contributed by atoms with Gasteiger partial charge in [-0.3, -0.25) is 9.89 Å². The van der Waals surface area contributed by atoms with Crippen LogP contribution in [0.2, 0.25) is 0 Å². The summed E-state index contributed by atoms with van der Waals surface area (Å²) in [4.78, 5) is 5.25. The molecular weight excluding hydrogens is 337 g/mol. The highest BCUT2D eigenvalue weighted by Crippen LogP contribution is 2.30. The van der Waals surface area contributed by atoms with Gasteiger partial charge in [0.05, 0.1) is 13.1 Å². The van der Waals surface area contributed by atoms with Crippen LogP contribution in [0.25, 0.3) is 0 Å². The number of likely N-dealkylation sites (N-methyl/N-ethyl adjacent to an activating group) is 1. The summed E-state index contributed by atoms with van der Waals surface area (Å²) in [5.41, 5.74) is 0. The molecule has 0 saturated heterocycles. The predicted octanol–water partition coefficient (Wildman–Crippen LogP) is 1.49. The molecule has 9 heteroatoms. The average molecular weight is 360 g/mol. The number of alkyl halides is 3. The van der Waals surface area contributed by atoms with E-state index in [0.717, 1.165) is 0 Å². The number of ether oxygens (including phenoxy) is 2. The first-order chi connectivity index (χ1) is 11.9. The van der Waals surface area contributed by atoms with Gasteiger partial charge in [-0.15, -0.1) is 0 Å². The van der Waals surface area contributed by atoms with Gasteiger partial charge in [0.25, 0.3) is 0 Å². The molecule has 1 aliphatic rings. The summed E-state index contributed by atoms with van der Waals surface area (Å²) >= 11 is 0. The van der Waals surface area contributed by atoms with Gasteiger partial charge in [0.2, 0.25) is 0 Å². The lowest BCUT2D eigenvalue weighted by molar-refractivity contribution is -0.142. The van der Waals surface area contributed by atoms with Gasteiger partial charge in [0.15, 0.2) is 17.5 Å². The molecule has 0 fully saturated rings. The number of nitrogens with zero attached hydrogens (tertiary/aromatic N) is 2. The van der Waals surface area contributed by atoms with Crippen LogP contribution < -0.4 is 20.1 Å². The van der Waals surface area contributed by atoms with E-state index in [-0.39, 0.29) is 12.6 Å². The number of hydrogen-bond donors (Lipinski definition) is 2. The van der Waals surface area contributed by atoms with Gasteiger partial charge >= 0.3 is 6.18 Å². The lowest BCUT2D eigenvalue weighted by Crippen LogP contribution is -2.47. The third kappa shape index (κ3) is 6.69. The molecule has 1 atom stereocenters. The molecule has 1 aromatic carbocycles. The van der Waals surface area contributed by atoms with Crippen molar-refractivity contribution in [3.05, 3.63) is 24.3 Å². The zero-order valence-electron chi connectivity index (χ0n) is 14.3. The van der Waals surface area contributed by atoms with Crippen molar-refractivity contribution in [3.63, 3.8) is 0 Å². The van der Waals surface area contributed by atoms with Crippen molar-refractivity contribution in [1.82, 2.24) is 15.5 Å². The highest BCUT2D eigenvalue weighted by atomic mass is 19.4. The van der Waals surface area contributed by atoms with Gasteiger partial charge < -0.3 is 20.1 Å². The first kappa shape index (κ1) is 19.2. The van der Waals surface area contributed by atoms with Crippen molar-refractivity contribution in [1.29, 1.82) is 0 Å². The minimum atomic E-state index is -4.19. The fourth-order valence-corrected chi connectivity index (χ4v) is 2.35. The van der Waals surface area contributed by atoms with E-state index in [0.29, 0.717) is 37.2 Å². The molecule has 1 heterocycles. The molecule has 0 aromatic heterocycles. The van der Waals surface area contributed by atoms with E-state index in [4.69, 9.17) is 9.47 Å². The molecule has 0 radical (unpaired) electrons. The number of benzene rings is 1. The normalized spacial score (nSPS) is 17.5. The molecule has 6 nitrogen and oxygen atoms in total. The standard InChI is InChI=1S/C16H23F3N4O2/c1-20-15(21-7-8-23(2)11-16(17,18)19)22-9-12-10-24-13-5-3-4-6-14(13)25-12/h3-6,12H,7-11H2,1-2H3,(H2,20,21,22). The van der Waals surface area contributed by atoms with Crippen molar-refractivity contribution in [2.75, 3.05) is 46.9 Å². The first-order valence-corrected chi connectivity index (χ1v) is 7.95. The number of nitrogens with one attached hydrogen (secondary N) is 2. The molecule has 0 aliphatic carbocycles. The maximum atomic E-state index is 12.3. The van der Waals surface area contributed by atoms with Crippen LogP contribution in [0.3, 0.4) is 0 Å². The van der Waals surface area contributed by atoms with E-state index >= 15 is 0 Å². The van der Waals surface area contributed by atoms with E-state index in [1.165, 1.54) is 11.9 Å². The predicted molar refractivity (Wildman–Crippen MR) is 89.3 cm³/mol. The number of rotatable bonds is 6. The van der Waals surface area contributed by atoms with Gasteiger partial charge in [-0.1, -0.05) is 12.1 Å². The summed E-state index contributed by atoms with van der Waals surface area (Å²) in [6.45, 7) is 0.531. The fraction of sp³-hybridized carbons (Fsp3) is 0.562.